The molecule has 0 aromatic carbocycles. The van der Waals surface area contributed by atoms with Gasteiger partial charge in [0.05, 0.1) is 12.0 Å². The molecular weight excluding hydrogens is 165 g/mol. The van der Waals surface area contributed by atoms with E-state index in [0.717, 1.165) is 0 Å². The van der Waals surface area contributed by atoms with Crippen molar-refractivity contribution in [3.8, 4) is 0 Å². The largest absolute Gasteiger partial charge is 0.395 e. The number of carbonyl (C=O) groups is 1. The van der Waals surface area contributed by atoms with Gasteiger partial charge in [-0.05, 0) is 0 Å². The van der Waals surface area contributed by atoms with Crippen LogP contribution in [0.3, 0.4) is 0 Å². The Morgan fingerprint density at radius 2 is 2.11 bits per heavy atom. The number of alkyl halides is 2. The van der Waals surface area contributed by atoms with Crippen LogP contribution in [0, 0.1) is 0 Å². The van der Waals surface area contributed by atoms with Gasteiger partial charge in [0, 0.05) is 0 Å². The molecule has 3 nitrogen and oxygen atoms in total. The van der Waals surface area contributed by atoms with Crippen molar-refractivity contribution in [2.45, 2.75) is 10.8 Å². The van der Waals surface area contributed by atoms with Crippen LogP contribution in [0.5, 0.6) is 0 Å². The monoisotopic (exact) mass is 171 g/mol. The fraction of sp³-hybridized carbons (Fsp3) is 0.750. The van der Waals surface area contributed by atoms with Gasteiger partial charge in [0.15, 0.2) is 0 Å². The van der Waals surface area contributed by atoms with Gasteiger partial charge in [-0.1, -0.05) is 0 Å². The lowest BCUT2D eigenvalue weighted by atomic mass is 10.3. The average Bonchev–Trinajstić information content (AvgIpc) is 1.84. The maximum Gasteiger partial charge on any atom is 0.237 e. The van der Waals surface area contributed by atoms with Crippen LogP contribution in [0.2, 0.25) is 0 Å². The van der Waals surface area contributed by atoms with Crippen LogP contribution >= 0.6 is 23.2 Å². The Morgan fingerprint density at radius 1 is 1.67 bits per heavy atom. The van der Waals surface area contributed by atoms with E-state index in [2.05, 4.69) is 0 Å². The summed E-state index contributed by atoms with van der Waals surface area (Å²) in [4.78, 5) is 10.2. The molecule has 0 saturated carbocycles. The summed E-state index contributed by atoms with van der Waals surface area (Å²) in [7, 11) is 0. The van der Waals surface area contributed by atoms with Gasteiger partial charge in [-0.3, -0.25) is 4.79 Å². The van der Waals surface area contributed by atoms with E-state index in [1.54, 1.807) is 0 Å². The minimum atomic E-state index is -0.989. The lowest BCUT2D eigenvalue weighted by Crippen LogP contribution is -2.33. The smallest absolute Gasteiger partial charge is 0.237 e. The van der Waals surface area contributed by atoms with Gasteiger partial charge < -0.3 is 10.8 Å². The van der Waals surface area contributed by atoms with Gasteiger partial charge in [0.2, 0.25) is 5.91 Å². The second kappa shape index (κ2) is 3.93. The van der Waals surface area contributed by atoms with Crippen molar-refractivity contribution in [2.75, 3.05) is 6.61 Å². The zero-order valence-electron chi connectivity index (χ0n) is 4.55. The van der Waals surface area contributed by atoms with Gasteiger partial charge in [-0.2, -0.15) is 0 Å². The van der Waals surface area contributed by atoms with Gasteiger partial charge in [0.1, 0.15) is 5.38 Å². The molecule has 0 aliphatic rings. The summed E-state index contributed by atoms with van der Waals surface area (Å²) >= 11 is 10.6. The summed E-state index contributed by atoms with van der Waals surface area (Å²) in [5, 5.41) is 6.55. The number of carbonyl (C=O) groups excluding carboxylic acids is 1. The molecule has 9 heavy (non-hydrogen) atoms. The first-order valence-electron chi connectivity index (χ1n) is 2.28. The minimum absolute atomic E-state index is 0.349. The Labute approximate surface area is 62.7 Å². The van der Waals surface area contributed by atoms with Crippen molar-refractivity contribution in [3.05, 3.63) is 0 Å². The Morgan fingerprint density at radius 3 is 2.22 bits per heavy atom. The molecule has 3 N–H and O–H groups in total. The molecule has 1 amide bonds. The van der Waals surface area contributed by atoms with Crippen molar-refractivity contribution >= 4 is 29.1 Å². The maximum atomic E-state index is 10.2. The predicted octanol–water partition coefficient (Wildman–Crippen LogP) is -0.321. The van der Waals surface area contributed by atoms with E-state index in [9.17, 15) is 4.79 Å². The van der Waals surface area contributed by atoms with E-state index in [1.807, 2.05) is 0 Å². The first-order chi connectivity index (χ1) is 4.09. The number of amides is 1. The molecule has 0 saturated heterocycles. The highest BCUT2D eigenvalue weighted by atomic mass is 35.5. The quantitative estimate of drug-likeness (QED) is 0.573. The molecule has 0 bridgehead atoms. The molecule has 0 fully saturated rings. The Bertz CT molecular complexity index is 109. The van der Waals surface area contributed by atoms with E-state index in [4.69, 9.17) is 34.0 Å². The molecule has 0 aliphatic heterocycles. The number of rotatable bonds is 3. The molecule has 0 aliphatic carbocycles. The van der Waals surface area contributed by atoms with Gasteiger partial charge in [-0.15, -0.1) is 23.2 Å². The van der Waals surface area contributed by atoms with Gasteiger partial charge >= 0.3 is 0 Å². The molecule has 0 spiro atoms. The number of halogens is 2. The van der Waals surface area contributed by atoms with Crippen molar-refractivity contribution < 1.29 is 9.90 Å². The summed E-state index contributed by atoms with van der Waals surface area (Å²) in [5.41, 5.74) is 4.75. The lowest BCUT2D eigenvalue weighted by Gasteiger charge is -2.07. The van der Waals surface area contributed by atoms with Gasteiger partial charge in [0.25, 0.3) is 0 Å². The van der Waals surface area contributed by atoms with E-state index in [-0.39, 0.29) is 6.61 Å². The van der Waals surface area contributed by atoms with Crippen LogP contribution in [0.4, 0.5) is 0 Å². The summed E-state index contributed by atoms with van der Waals surface area (Å²) in [6, 6.07) is 0. The summed E-state index contributed by atoms with van der Waals surface area (Å²) < 4.78 is 0. The number of aliphatic hydroxyl groups excluding tert-OH is 1. The molecule has 0 unspecified atom stereocenters. The fourth-order valence-electron chi connectivity index (χ4n) is 0.271. The highest BCUT2D eigenvalue weighted by molar-refractivity contribution is 6.37. The van der Waals surface area contributed by atoms with Crippen molar-refractivity contribution in [1.82, 2.24) is 0 Å². The third-order valence-electron chi connectivity index (χ3n) is 0.764. The number of aliphatic hydroxyl groups is 1. The maximum absolute atomic E-state index is 10.2. The molecule has 54 valence electrons. The number of hydrogen-bond donors (Lipinski definition) is 2. The zero-order valence-corrected chi connectivity index (χ0v) is 6.06. The zero-order chi connectivity index (χ0) is 7.44. The van der Waals surface area contributed by atoms with Crippen molar-refractivity contribution in [2.24, 2.45) is 5.73 Å². The molecule has 0 aromatic heterocycles. The second-order valence-corrected chi connectivity index (χ2v) is 2.53. The molecule has 0 aromatic rings. The van der Waals surface area contributed by atoms with E-state index >= 15 is 0 Å². The number of hydrogen-bond acceptors (Lipinski definition) is 2. The number of nitrogens with two attached hydrogens (primary N) is 1. The highest BCUT2D eigenvalue weighted by Gasteiger charge is 2.20. The van der Waals surface area contributed by atoms with Crippen LogP contribution in [0.1, 0.15) is 0 Å². The highest BCUT2D eigenvalue weighted by Crippen LogP contribution is 2.07. The molecular formula is C4H7Cl2NO2. The summed E-state index contributed by atoms with van der Waals surface area (Å²) in [6.45, 7) is -0.349. The Balaban J connectivity index is 3.72. The molecule has 2 atom stereocenters. The third-order valence-corrected chi connectivity index (χ3v) is 1.80. The fourth-order valence-corrected chi connectivity index (χ4v) is 0.475. The minimum Gasteiger partial charge on any atom is -0.395 e. The van der Waals surface area contributed by atoms with Crippen molar-refractivity contribution in [1.29, 1.82) is 0 Å². The van der Waals surface area contributed by atoms with E-state index in [1.165, 1.54) is 0 Å². The predicted molar refractivity (Wildman–Crippen MR) is 35.6 cm³/mol. The first kappa shape index (κ1) is 9.01. The molecule has 0 rings (SSSR count). The Hall–Kier alpha value is 0.01000. The van der Waals surface area contributed by atoms with Crippen LogP contribution in [-0.4, -0.2) is 28.4 Å². The normalized spacial score (nSPS) is 16.8. The van der Waals surface area contributed by atoms with Crippen LogP contribution in [0.15, 0.2) is 0 Å². The molecule has 0 radical (unpaired) electrons. The molecule has 0 heterocycles. The van der Waals surface area contributed by atoms with Crippen LogP contribution < -0.4 is 5.73 Å². The third kappa shape index (κ3) is 2.89. The van der Waals surface area contributed by atoms with Crippen LogP contribution in [0.25, 0.3) is 0 Å². The van der Waals surface area contributed by atoms with Crippen molar-refractivity contribution in [3.63, 3.8) is 0 Å². The van der Waals surface area contributed by atoms with E-state index in [0.29, 0.717) is 0 Å². The Kier molecular flexibility index (Phi) is 3.93. The summed E-state index contributed by atoms with van der Waals surface area (Å²) in [5.74, 6) is -0.717. The average molecular weight is 172 g/mol. The van der Waals surface area contributed by atoms with Gasteiger partial charge in [-0.25, -0.2) is 0 Å². The van der Waals surface area contributed by atoms with Crippen LogP contribution in [-0.2, 0) is 4.79 Å². The standard InChI is InChI=1S/C4H7Cl2NO2/c5-2(1-8)3(6)4(7)9/h2-3,8H,1H2,(H2,7,9)/t2-,3-/m1/s1. The first-order valence-corrected chi connectivity index (χ1v) is 3.15. The summed E-state index contributed by atoms with van der Waals surface area (Å²) in [6.07, 6.45) is 0. The lowest BCUT2D eigenvalue weighted by molar-refractivity contribution is -0.117. The molecule has 5 heteroatoms. The topological polar surface area (TPSA) is 63.3 Å². The van der Waals surface area contributed by atoms with E-state index < -0.39 is 16.7 Å². The second-order valence-electron chi connectivity index (χ2n) is 1.50. The number of primary amides is 1. The SMILES string of the molecule is NC(=O)[C@H](Cl)[C@H](Cl)CO.